The number of aliphatic hydroxyl groups excluding tert-OH is 3. The molecule has 78 heavy (non-hydrogen) atoms. The smallest absolute Gasteiger partial charge is 0.329 e. The van der Waals surface area contributed by atoms with Gasteiger partial charge in [0.1, 0.15) is 30.1 Å². The Balaban J connectivity index is 1.65. The Morgan fingerprint density at radius 3 is 2.15 bits per heavy atom. The number of aliphatic hydroxyl groups is 3. The number of rotatable bonds is 17. The number of ether oxygens (including phenoxy) is 8. The summed E-state index contributed by atoms with van der Waals surface area (Å²) >= 11 is 0. The Labute approximate surface area is 466 Å². The van der Waals surface area contributed by atoms with Gasteiger partial charge in [0, 0.05) is 51.9 Å². The zero-order chi connectivity index (χ0) is 57.3. The molecular weight excluding hydrogens is 1000 g/mol. The van der Waals surface area contributed by atoms with E-state index >= 15 is 0 Å². The molecule has 3 aliphatic heterocycles. The normalized spacial score (nSPS) is 36.0. The molecule has 1 saturated carbocycles. The van der Waals surface area contributed by atoms with Crippen molar-refractivity contribution in [1.82, 2.24) is 4.90 Å². The van der Waals surface area contributed by atoms with E-state index < -0.39 is 53.8 Å². The molecule has 16 atom stereocenters. The number of Topliss-reactive ketones (excluding diaryl/α,β-unsaturated/α-hetero) is 3. The lowest BCUT2D eigenvalue weighted by atomic mass is 9.78. The Morgan fingerprint density at radius 2 is 1.45 bits per heavy atom. The number of hydrogen-bond acceptors (Lipinski definition) is 16. The molecule has 0 aromatic carbocycles. The van der Waals surface area contributed by atoms with E-state index in [0.717, 1.165) is 24.8 Å². The summed E-state index contributed by atoms with van der Waals surface area (Å²) in [5.41, 5.74) is 1.38. The van der Waals surface area contributed by atoms with Gasteiger partial charge in [0.25, 0.3) is 5.91 Å². The maximum atomic E-state index is 14.5. The van der Waals surface area contributed by atoms with E-state index in [1.165, 1.54) is 12.0 Å². The van der Waals surface area contributed by atoms with Crippen LogP contribution in [0.25, 0.3) is 0 Å². The van der Waals surface area contributed by atoms with Gasteiger partial charge in [-0.25, -0.2) is 4.79 Å². The van der Waals surface area contributed by atoms with Crippen molar-refractivity contribution in [2.24, 2.45) is 41.4 Å². The number of carbonyl (C=O) groups is 5. The average molecular weight is 1100 g/mol. The van der Waals surface area contributed by atoms with Crippen LogP contribution in [0.5, 0.6) is 0 Å². The number of amides is 1. The SMILES string of the molecule is CO[C@@H]1C[C@H](C[C@@H](C)[C@@H]2CC(=O)[C@H](C)/C=C(\C)[C@@H](O)[C@@H](OC)C(=O)[C@H](C)C[C@H](C)/C=C/C=C/C=C(\C)[C@H](OCCOCCOCCO)C[C@@H]3CC[C@@H](C)[C@H](O3)C(C)CC(=O)C(=O)N3CCCC[C@H]3C(=O)O2)CC[C@H]1OCCO. The summed E-state index contributed by atoms with van der Waals surface area (Å²) in [4.78, 5) is 72.5. The lowest BCUT2D eigenvalue weighted by Gasteiger charge is -2.40. The molecule has 1 amide bonds. The molecule has 1 unspecified atom stereocenters. The van der Waals surface area contributed by atoms with Gasteiger partial charge in [0.2, 0.25) is 5.78 Å². The Kier molecular flexibility index (Phi) is 30.4. The van der Waals surface area contributed by atoms with E-state index in [0.29, 0.717) is 83.4 Å². The molecule has 4 aliphatic rings. The number of fused-ring (bicyclic) bond motifs is 3. The second-order valence-corrected chi connectivity index (χ2v) is 22.9. The van der Waals surface area contributed by atoms with E-state index in [1.807, 2.05) is 65.0 Å². The highest BCUT2D eigenvalue weighted by atomic mass is 16.6. The largest absolute Gasteiger partial charge is 0.460 e. The highest BCUT2D eigenvalue weighted by molar-refractivity contribution is 6.36. The minimum Gasteiger partial charge on any atom is -0.460 e. The summed E-state index contributed by atoms with van der Waals surface area (Å²) in [6.07, 6.45) is 13.9. The number of carbonyl (C=O) groups excluding carboxylic acids is 5. The van der Waals surface area contributed by atoms with Crippen LogP contribution in [0.4, 0.5) is 0 Å². The summed E-state index contributed by atoms with van der Waals surface area (Å²) in [6.45, 7) is 17.2. The first-order valence-corrected chi connectivity index (χ1v) is 29.1. The van der Waals surface area contributed by atoms with Gasteiger partial charge in [-0.1, -0.05) is 78.0 Å². The molecule has 4 rings (SSSR count). The molecule has 444 valence electrons. The van der Waals surface area contributed by atoms with E-state index in [4.69, 9.17) is 43.0 Å². The number of hydrogen-bond donors (Lipinski definition) is 3. The van der Waals surface area contributed by atoms with Gasteiger partial charge in [0.15, 0.2) is 5.78 Å². The summed E-state index contributed by atoms with van der Waals surface area (Å²) in [5.74, 6) is -3.98. The molecule has 2 bridgehead atoms. The van der Waals surface area contributed by atoms with Crippen LogP contribution in [0.1, 0.15) is 139 Å². The maximum Gasteiger partial charge on any atom is 0.329 e. The topological polar surface area (TPSA) is 223 Å². The van der Waals surface area contributed by atoms with Crippen molar-refractivity contribution in [2.75, 3.05) is 73.6 Å². The summed E-state index contributed by atoms with van der Waals surface area (Å²) in [5, 5.41) is 30.0. The monoisotopic (exact) mass is 1100 g/mol. The number of cyclic esters (lactones) is 1. The van der Waals surface area contributed by atoms with Crippen LogP contribution in [0.2, 0.25) is 0 Å². The van der Waals surface area contributed by atoms with Gasteiger partial charge < -0.3 is 58.1 Å². The van der Waals surface area contributed by atoms with E-state index in [2.05, 4.69) is 6.92 Å². The lowest BCUT2D eigenvalue weighted by molar-refractivity contribution is -0.166. The average Bonchev–Trinajstić information content (AvgIpc) is 3.42. The third-order valence-corrected chi connectivity index (χ3v) is 16.5. The van der Waals surface area contributed by atoms with Gasteiger partial charge >= 0.3 is 5.97 Å². The van der Waals surface area contributed by atoms with Gasteiger partial charge in [0.05, 0.1) is 83.4 Å². The molecule has 0 aromatic heterocycles. The van der Waals surface area contributed by atoms with Gasteiger partial charge in [-0.15, -0.1) is 0 Å². The van der Waals surface area contributed by atoms with Crippen LogP contribution >= 0.6 is 0 Å². The maximum absolute atomic E-state index is 14.5. The summed E-state index contributed by atoms with van der Waals surface area (Å²) < 4.78 is 48.1. The van der Waals surface area contributed by atoms with Crippen LogP contribution < -0.4 is 0 Å². The minimum atomic E-state index is -1.32. The molecule has 17 heteroatoms. The Bertz CT molecular complexity index is 1970. The molecular formula is C61H99NO16. The van der Waals surface area contributed by atoms with Crippen LogP contribution in [-0.2, 0) is 61.9 Å². The second kappa shape index (κ2) is 35.4. The van der Waals surface area contributed by atoms with Crippen molar-refractivity contribution in [3.63, 3.8) is 0 Å². The van der Waals surface area contributed by atoms with Gasteiger partial charge in [-0.3, -0.25) is 19.2 Å². The molecule has 0 radical (unpaired) electrons. The molecule has 3 N–H and O–H groups in total. The van der Waals surface area contributed by atoms with E-state index in [9.17, 15) is 34.2 Å². The lowest BCUT2D eigenvalue weighted by Crippen LogP contribution is -2.52. The Hall–Kier alpha value is -3.49. The number of nitrogens with zero attached hydrogens (tertiary/aromatic N) is 1. The molecule has 3 heterocycles. The molecule has 17 nitrogen and oxygen atoms in total. The van der Waals surface area contributed by atoms with Crippen molar-refractivity contribution in [3.8, 4) is 0 Å². The molecule has 3 fully saturated rings. The number of methoxy groups -OCH3 is 2. The highest BCUT2D eigenvalue weighted by Gasteiger charge is 2.42. The van der Waals surface area contributed by atoms with Crippen molar-refractivity contribution in [3.05, 3.63) is 47.6 Å². The number of allylic oxidation sites excluding steroid dienone is 6. The van der Waals surface area contributed by atoms with E-state index in [1.54, 1.807) is 27.0 Å². The molecule has 1 aliphatic carbocycles. The zero-order valence-corrected chi connectivity index (χ0v) is 48.9. The van der Waals surface area contributed by atoms with E-state index in [-0.39, 0.29) is 117 Å². The summed E-state index contributed by atoms with van der Waals surface area (Å²) in [6, 6.07) is -1.02. The third kappa shape index (κ3) is 21.4. The number of esters is 1. The summed E-state index contributed by atoms with van der Waals surface area (Å²) in [7, 11) is 3.03. The van der Waals surface area contributed by atoms with Gasteiger partial charge in [-0.05, 0) is 119 Å². The van der Waals surface area contributed by atoms with Crippen LogP contribution in [0, 0.1) is 41.4 Å². The molecule has 2 saturated heterocycles. The highest BCUT2D eigenvalue weighted by Crippen LogP contribution is 2.37. The number of ketones is 3. The zero-order valence-electron chi connectivity index (χ0n) is 48.9. The first-order valence-electron chi connectivity index (χ1n) is 29.1. The number of piperidine rings is 1. The van der Waals surface area contributed by atoms with Crippen molar-refractivity contribution in [2.45, 2.75) is 194 Å². The van der Waals surface area contributed by atoms with Crippen LogP contribution in [0.15, 0.2) is 47.6 Å². The predicted molar refractivity (Wildman–Crippen MR) is 296 cm³/mol. The quantitative estimate of drug-likeness (QED) is 0.0563. The minimum absolute atomic E-state index is 0.0138. The van der Waals surface area contributed by atoms with Crippen LogP contribution in [0.3, 0.4) is 0 Å². The first-order chi connectivity index (χ1) is 37.3. The van der Waals surface area contributed by atoms with Crippen LogP contribution in [-0.4, -0.2) is 178 Å². The fourth-order valence-corrected chi connectivity index (χ4v) is 11.8. The predicted octanol–water partition coefficient (Wildman–Crippen LogP) is 7.30. The first kappa shape index (κ1) is 67.0. The standard InChI is InChI=1S/C61H99NO16/c1-39-16-12-11-13-17-40(2)53(76-31-30-74-29-28-73-26-24-63)37-48-21-19-41(3)58(77-48)46(8)35-51(66)60(69)62-23-15-14-18-49(62)61(70)78-54(43(5)34-47-20-22-52(75-27-25-64)55(36-47)71-9)38-50(65)42(4)33-45(7)57(68)59(72-10)56(67)44(6)32-39/h11-13,16-17,33,39,41-44,46-49,52-55,57-59,63-64,68H,14-15,18-32,34-38H2,1-10H3/b13-11+,16-12+,40-17+,45-33+/t39-,41-,42-,43-,44-,46?,47+,48+,49+,52-,53-,54+,55-,57-,58+,59+/m1/s1. The van der Waals surface area contributed by atoms with Crippen molar-refractivity contribution >= 4 is 29.2 Å². The second-order valence-electron chi connectivity index (χ2n) is 22.9. The fourth-order valence-electron chi connectivity index (χ4n) is 11.8. The third-order valence-electron chi connectivity index (χ3n) is 16.5. The van der Waals surface area contributed by atoms with Gasteiger partial charge in [-0.2, -0.15) is 0 Å². The van der Waals surface area contributed by atoms with Crippen molar-refractivity contribution < 1.29 is 77.2 Å². The molecule has 0 aromatic rings. The van der Waals surface area contributed by atoms with Crippen molar-refractivity contribution in [1.29, 1.82) is 0 Å². The Morgan fingerprint density at radius 1 is 0.731 bits per heavy atom. The molecule has 0 spiro atoms. The fraction of sp³-hybridized carbons (Fsp3) is 0.787.